The number of carbonyl (C=O) groups excluding carboxylic acids is 3. The lowest BCUT2D eigenvalue weighted by Gasteiger charge is -2.36. The Balaban J connectivity index is 1.73. The maximum atomic E-state index is 12.5. The zero-order valence-electron chi connectivity index (χ0n) is 21.5. The zero-order chi connectivity index (χ0) is 27.0. The van der Waals surface area contributed by atoms with Crippen LogP contribution in [0.15, 0.2) is 24.3 Å². The standard InChI is InChI=1S/C26H38N4O6S/c1-2-3-4-5-6-7-8-9-10-11-18-36-23(31)19-22-25(33)27-16-17-29(22)26(37)28-24(32)20-12-14-21(15-13-20)30(34)35/h12-15,22H,2-11,16-19H2,1H3,(H,27,33)(H,28,32,37). The Hall–Kier alpha value is -3.08. The highest BCUT2D eigenvalue weighted by Crippen LogP contribution is 2.14. The summed E-state index contributed by atoms with van der Waals surface area (Å²) in [6.45, 7) is 3.16. The second-order valence-corrected chi connectivity index (χ2v) is 9.56. The van der Waals surface area contributed by atoms with Crippen molar-refractivity contribution in [2.45, 2.75) is 83.6 Å². The molecule has 1 fully saturated rings. The first kappa shape index (κ1) is 30.1. The van der Waals surface area contributed by atoms with Crippen molar-refractivity contribution >= 4 is 40.8 Å². The van der Waals surface area contributed by atoms with Crippen LogP contribution >= 0.6 is 12.2 Å². The van der Waals surface area contributed by atoms with E-state index in [1.54, 1.807) is 0 Å². The minimum Gasteiger partial charge on any atom is -0.466 e. The van der Waals surface area contributed by atoms with Gasteiger partial charge in [0.15, 0.2) is 5.11 Å². The molecular formula is C26H38N4O6S. The summed E-state index contributed by atoms with van der Waals surface area (Å²) in [7, 11) is 0. The summed E-state index contributed by atoms with van der Waals surface area (Å²) in [5.41, 5.74) is 0.0464. The third-order valence-corrected chi connectivity index (χ3v) is 6.61. The molecule has 11 heteroatoms. The number of esters is 1. The molecule has 2 amide bonds. The molecule has 1 unspecified atom stereocenters. The van der Waals surface area contributed by atoms with Crippen LogP contribution in [0.25, 0.3) is 0 Å². The molecule has 1 aliphatic heterocycles. The minimum atomic E-state index is -0.890. The van der Waals surface area contributed by atoms with E-state index in [0.29, 0.717) is 19.7 Å². The normalized spacial score (nSPS) is 15.1. The molecule has 0 bridgehead atoms. The van der Waals surface area contributed by atoms with E-state index >= 15 is 0 Å². The molecule has 0 saturated carbocycles. The molecule has 2 rings (SSSR count). The van der Waals surface area contributed by atoms with Crippen LogP contribution in [0.4, 0.5) is 5.69 Å². The highest BCUT2D eigenvalue weighted by Gasteiger charge is 2.34. The number of hydrogen-bond acceptors (Lipinski definition) is 7. The van der Waals surface area contributed by atoms with E-state index in [0.717, 1.165) is 19.3 Å². The molecular weight excluding hydrogens is 496 g/mol. The van der Waals surface area contributed by atoms with Crippen LogP contribution in [0.2, 0.25) is 0 Å². The van der Waals surface area contributed by atoms with E-state index in [2.05, 4.69) is 17.6 Å². The van der Waals surface area contributed by atoms with Gasteiger partial charge in [-0.25, -0.2) is 0 Å². The number of thiocarbonyl (C=S) groups is 1. The first-order valence-electron chi connectivity index (χ1n) is 13.1. The second-order valence-electron chi connectivity index (χ2n) is 9.17. The van der Waals surface area contributed by atoms with E-state index in [9.17, 15) is 24.5 Å². The monoisotopic (exact) mass is 534 g/mol. The van der Waals surface area contributed by atoms with Crippen molar-refractivity contribution in [2.24, 2.45) is 0 Å². The Labute approximate surface area is 223 Å². The van der Waals surface area contributed by atoms with Gasteiger partial charge in [0.2, 0.25) is 5.91 Å². The van der Waals surface area contributed by atoms with Crippen LogP contribution in [-0.4, -0.2) is 58.5 Å². The van der Waals surface area contributed by atoms with E-state index < -0.39 is 22.8 Å². The van der Waals surface area contributed by atoms with Crippen molar-refractivity contribution in [3.05, 3.63) is 39.9 Å². The molecule has 0 aromatic heterocycles. The fraction of sp³-hybridized carbons (Fsp3) is 0.615. The van der Waals surface area contributed by atoms with Crippen molar-refractivity contribution in [1.29, 1.82) is 0 Å². The molecule has 0 aliphatic carbocycles. The van der Waals surface area contributed by atoms with Crippen molar-refractivity contribution in [1.82, 2.24) is 15.5 Å². The van der Waals surface area contributed by atoms with Gasteiger partial charge < -0.3 is 15.0 Å². The predicted octanol–water partition coefficient (Wildman–Crippen LogP) is 4.26. The summed E-state index contributed by atoms with van der Waals surface area (Å²) in [4.78, 5) is 49.1. The Bertz CT molecular complexity index is 924. The predicted molar refractivity (Wildman–Crippen MR) is 144 cm³/mol. The highest BCUT2D eigenvalue weighted by atomic mass is 32.1. The first-order chi connectivity index (χ1) is 17.8. The van der Waals surface area contributed by atoms with E-state index in [-0.39, 0.29) is 28.7 Å². The van der Waals surface area contributed by atoms with Gasteiger partial charge in [0.1, 0.15) is 6.04 Å². The van der Waals surface area contributed by atoms with E-state index in [4.69, 9.17) is 17.0 Å². The molecule has 0 radical (unpaired) electrons. The maximum Gasteiger partial charge on any atom is 0.308 e. The summed E-state index contributed by atoms with van der Waals surface area (Å²) in [6.07, 6.45) is 11.6. The second kappa shape index (κ2) is 16.6. The molecule has 1 saturated heterocycles. The SMILES string of the molecule is CCCCCCCCCCCCOC(=O)CC1C(=O)NCCN1C(=S)NC(=O)c1ccc([N+](=O)[O-])cc1. The minimum absolute atomic E-state index is 0.00527. The third kappa shape index (κ3) is 10.8. The molecule has 1 heterocycles. The average molecular weight is 535 g/mol. The van der Waals surface area contributed by atoms with Gasteiger partial charge in [-0.3, -0.25) is 29.8 Å². The van der Waals surface area contributed by atoms with Crippen molar-refractivity contribution < 1.29 is 24.0 Å². The van der Waals surface area contributed by atoms with Gasteiger partial charge in [-0.2, -0.15) is 0 Å². The summed E-state index contributed by atoms with van der Waals surface area (Å²) in [6, 6.07) is 4.20. The van der Waals surface area contributed by atoms with Crippen LogP contribution in [0.5, 0.6) is 0 Å². The molecule has 37 heavy (non-hydrogen) atoms. The van der Waals surface area contributed by atoms with Crippen LogP contribution in [0.1, 0.15) is 87.9 Å². The van der Waals surface area contributed by atoms with Crippen LogP contribution in [0, 0.1) is 10.1 Å². The molecule has 1 aliphatic rings. The van der Waals surface area contributed by atoms with Crippen molar-refractivity contribution in [3.63, 3.8) is 0 Å². The average Bonchev–Trinajstić information content (AvgIpc) is 2.88. The summed E-state index contributed by atoms with van der Waals surface area (Å²) in [5.74, 6) is -1.42. The lowest BCUT2D eigenvalue weighted by atomic mass is 10.1. The van der Waals surface area contributed by atoms with Gasteiger partial charge >= 0.3 is 5.97 Å². The number of nitro benzene ring substituents is 1. The van der Waals surface area contributed by atoms with Crippen LogP contribution < -0.4 is 10.6 Å². The highest BCUT2D eigenvalue weighted by molar-refractivity contribution is 7.80. The van der Waals surface area contributed by atoms with Crippen LogP contribution in [0.3, 0.4) is 0 Å². The van der Waals surface area contributed by atoms with Gasteiger partial charge in [-0.05, 0) is 30.8 Å². The Morgan fingerprint density at radius 3 is 2.27 bits per heavy atom. The molecule has 10 nitrogen and oxygen atoms in total. The number of nitro groups is 1. The maximum absolute atomic E-state index is 12.5. The number of piperazine rings is 1. The molecule has 2 N–H and O–H groups in total. The number of nitrogens with one attached hydrogen (secondary N) is 2. The number of carbonyl (C=O) groups is 3. The van der Waals surface area contributed by atoms with Crippen LogP contribution in [-0.2, 0) is 14.3 Å². The van der Waals surface area contributed by atoms with Gasteiger partial charge in [0.25, 0.3) is 11.6 Å². The summed E-state index contributed by atoms with van der Waals surface area (Å²) in [5, 5.41) is 16.1. The molecule has 1 aromatic carbocycles. The number of hydrogen-bond donors (Lipinski definition) is 2. The lowest BCUT2D eigenvalue weighted by Crippen LogP contribution is -2.60. The zero-order valence-corrected chi connectivity index (χ0v) is 22.4. The van der Waals surface area contributed by atoms with Gasteiger partial charge in [-0.15, -0.1) is 0 Å². The quantitative estimate of drug-likeness (QED) is 0.112. The van der Waals surface area contributed by atoms with Gasteiger partial charge in [0, 0.05) is 30.8 Å². The fourth-order valence-corrected chi connectivity index (χ4v) is 4.44. The lowest BCUT2D eigenvalue weighted by molar-refractivity contribution is -0.384. The topological polar surface area (TPSA) is 131 Å². The third-order valence-electron chi connectivity index (χ3n) is 6.27. The Morgan fingerprint density at radius 1 is 1.08 bits per heavy atom. The Kier molecular flexibility index (Phi) is 13.5. The van der Waals surface area contributed by atoms with Gasteiger partial charge in [0.05, 0.1) is 18.0 Å². The number of rotatable bonds is 15. The number of nitrogens with zero attached hydrogens (tertiary/aromatic N) is 2. The molecule has 0 spiro atoms. The van der Waals surface area contributed by atoms with E-state index in [1.165, 1.54) is 74.1 Å². The number of unbranched alkanes of at least 4 members (excludes halogenated alkanes) is 9. The fourth-order valence-electron chi connectivity index (χ4n) is 4.13. The number of benzene rings is 1. The molecule has 204 valence electrons. The number of amides is 2. The van der Waals surface area contributed by atoms with E-state index in [1.807, 2.05) is 0 Å². The van der Waals surface area contributed by atoms with Crippen molar-refractivity contribution in [3.8, 4) is 0 Å². The van der Waals surface area contributed by atoms with Crippen molar-refractivity contribution in [2.75, 3.05) is 19.7 Å². The molecule has 1 atom stereocenters. The summed E-state index contributed by atoms with van der Waals surface area (Å²) < 4.78 is 5.34. The largest absolute Gasteiger partial charge is 0.466 e. The van der Waals surface area contributed by atoms with Gasteiger partial charge in [-0.1, -0.05) is 64.7 Å². The Morgan fingerprint density at radius 2 is 1.68 bits per heavy atom. The first-order valence-corrected chi connectivity index (χ1v) is 13.5. The molecule has 1 aromatic rings. The summed E-state index contributed by atoms with van der Waals surface area (Å²) >= 11 is 5.34. The number of non-ortho nitro benzene ring substituents is 1. The smallest absolute Gasteiger partial charge is 0.308 e. The number of ether oxygens (including phenoxy) is 1.